The molecule has 5 heteroatoms. The number of rotatable bonds is 5. The topological polar surface area (TPSA) is 35.5 Å². The highest BCUT2D eigenvalue weighted by molar-refractivity contribution is 6.71. The van der Waals surface area contributed by atoms with Gasteiger partial charge in [0.2, 0.25) is 16.6 Å². The van der Waals surface area contributed by atoms with Crippen molar-refractivity contribution in [1.82, 2.24) is 0 Å². The van der Waals surface area contributed by atoms with Crippen LogP contribution in [0.15, 0.2) is 30.3 Å². The fourth-order valence-electron chi connectivity index (χ4n) is 1.53. The smallest absolute Gasteiger partial charge is 0.317 e. The first-order chi connectivity index (χ1) is 9.07. The summed E-state index contributed by atoms with van der Waals surface area (Å²) < 4.78 is 11.4. The van der Waals surface area contributed by atoms with Crippen molar-refractivity contribution in [2.45, 2.75) is 39.3 Å². The molecule has 0 aliphatic carbocycles. The molecule has 0 atom stereocenters. The molecule has 1 aromatic carbocycles. The lowest BCUT2D eigenvalue weighted by Gasteiger charge is -2.20. The highest BCUT2D eigenvalue weighted by atomic mass is 28.4. The van der Waals surface area contributed by atoms with Crippen LogP contribution in [0.5, 0.6) is 5.75 Å². The standard InChI is InChI=1S/C15H24O3Si2/c1-19(2,3)17-14-10-8-7-9-13(14)11-12-15(16)18-20(4,5)6/h7-12H,1-6H3. The van der Waals surface area contributed by atoms with E-state index < -0.39 is 16.6 Å². The fraction of sp³-hybridized carbons (Fsp3) is 0.400. The summed E-state index contributed by atoms with van der Waals surface area (Å²) in [6.07, 6.45) is 3.24. The van der Waals surface area contributed by atoms with Crippen LogP contribution in [0.4, 0.5) is 0 Å². The minimum absolute atomic E-state index is 0.285. The molecule has 0 amide bonds. The van der Waals surface area contributed by atoms with Gasteiger partial charge < -0.3 is 8.85 Å². The molecule has 0 heterocycles. The van der Waals surface area contributed by atoms with Crippen molar-refractivity contribution in [3.63, 3.8) is 0 Å². The molecule has 3 nitrogen and oxygen atoms in total. The third-order valence-corrected chi connectivity index (χ3v) is 3.79. The monoisotopic (exact) mass is 308 g/mol. The van der Waals surface area contributed by atoms with Gasteiger partial charge in [0.25, 0.3) is 0 Å². The van der Waals surface area contributed by atoms with E-state index in [1.165, 1.54) is 6.08 Å². The molecule has 0 fully saturated rings. The van der Waals surface area contributed by atoms with Gasteiger partial charge in [-0.2, -0.15) is 0 Å². The molecule has 0 saturated heterocycles. The third-order valence-electron chi connectivity index (χ3n) is 2.14. The highest BCUT2D eigenvalue weighted by Gasteiger charge is 2.19. The summed E-state index contributed by atoms with van der Waals surface area (Å²) in [7, 11) is -3.50. The second-order valence-corrected chi connectivity index (χ2v) is 15.5. The Morgan fingerprint density at radius 3 is 2.15 bits per heavy atom. The maximum Gasteiger partial charge on any atom is 0.317 e. The first-order valence-corrected chi connectivity index (χ1v) is 13.6. The zero-order chi connectivity index (χ0) is 15.4. The van der Waals surface area contributed by atoms with Gasteiger partial charge in [0, 0.05) is 11.6 Å². The zero-order valence-corrected chi connectivity index (χ0v) is 15.2. The Hall–Kier alpha value is -1.34. The van der Waals surface area contributed by atoms with Gasteiger partial charge in [0.05, 0.1) is 0 Å². The Kier molecular flexibility index (Phi) is 5.36. The van der Waals surface area contributed by atoms with E-state index in [4.69, 9.17) is 8.85 Å². The molecule has 0 saturated carbocycles. The van der Waals surface area contributed by atoms with Gasteiger partial charge in [-0.1, -0.05) is 18.2 Å². The van der Waals surface area contributed by atoms with Crippen LogP contribution in [-0.2, 0) is 9.22 Å². The molecule has 0 radical (unpaired) electrons. The Morgan fingerprint density at radius 1 is 1.00 bits per heavy atom. The molecule has 1 aromatic rings. The summed E-state index contributed by atoms with van der Waals surface area (Å²) >= 11 is 0. The molecule has 0 aromatic heterocycles. The van der Waals surface area contributed by atoms with Crippen LogP contribution in [0.2, 0.25) is 39.3 Å². The molecule has 110 valence electrons. The van der Waals surface area contributed by atoms with Gasteiger partial charge in [-0.25, -0.2) is 4.79 Å². The zero-order valence-electron chi connectivity index (χ0n) is 13.2. The Labute approximate surface area is 123 Å². The van der Waals surface area contributed by atoms with Crippen LogP contribution < -0.4 is 4.43 Å². The quantitative estimate of drug-likeness (QED) is 0.601. The van der Waals surface area contributed by atoms with Crippen molar-refractivity contribution < 1.29 is 13.6 Å². The summed E-state index contributed by atoms with van der Waals surface area (Å²) in [5.41, 5.74) is 0.905. The van der Waals surface area contributed by atoms with Crippen LogP contribution in [-0.4, -0.2) is 22.6 Å². The van der Waals surface area contributed by atoms with Crippen LogP contribution in [0.1, 0.15) is 5.56 Å². The molecular weight excluding hydrogens is 284 g/mol. The van der Waals surface area contributed by atoms with Crippen molar-refractivity contribution in [1.29, 1.82) is 0 Å². The van der Waals surface area contributed by atoms with E-state index >= 15 is 0 Å². The van der Waals surface area contributed by atoms with Gasteiger partial charge in [-0.3, -0.25) is 0 Å². The lowest BCUT2D eigenvalue weighted by atomic mass is 10.2. The van der Waals surface area contributed by atoms with Crippen LogP contribution in [0, 0.1) is 0 Å². The Balaban J connectivity index is 2.85. The first-order valence-electron chi connectivity index (χ1n) is 6.76. The van der Waals surface area contributed by atoms with E-state index in [0.717, 1.165) is 11.3 Å². The normalized spacial score (nSPS) is 12.5. The average Bonchev–Trinajstić information content (AvgIpc) is 2.23. The molecule has 20 heavy (non-hydrogen) atoms. The van der Waals surface area contributed by atoms with Crippen molar-refractivity contribution in [2.24, 2.45) is 0 Å². The van der Waals surface area contributed by atoms with Gasteiger partial charge >= 0.3 is 5.97 Å². The number of para-hydroxylation sites is 1. The second kappa shape index (κ2) is 6.41. The average molecular weight is 309 g/mol. The Morgan fingerprint density at radius 2 is 1.60 bits per heavy atom. The van der Waals surface area contributed by atoms with Crippen molar-refractivity contribution in [3.05, 3.63) is 35.9 Å². The van der Waals surface area contributed by atoms with Crippen molar-refractivity contribution >= 4 is 28.7 Å². The van der Waals surface area contributed by atoms with E-state index in [2.05, 4.69) is 19.6 Å². The number of hydrogen-bond donors (Lipinski definition) is 0. The molecule has 0 N–H and O–H groups in total. The van der Waals surface area contributed by atoms with Gasteiger partial charge in [-0.05, 0) is 51.4 Å². The Bertz CT molecular complexity index is 497. The summed E-state index contributed by atoms with van der Waals surface area (Å²) in [5, 5.41) is 0. The van der Waals surface area contributed by atoms with E-state index in [1.54, 1.807) is 6.08 Å². The molecular formula is C15H24O3Si2. The minimum Gasteiger partial charge on any atom is -0.544 e. The number of carbonyl (C=O) groups is 1. The van der Waals surface area contributed by atoms with E-state index in [-0.39, 0.29) is 5.97 Å². The summed E-state index contributed by atoms with van der Waals surface area (Å²) in [5.74, 6) is 0.538. The second-order valence-electron chi connectivity index (χ2n) is 6.62. The maximum atomic E-state index is 11.7. The number of carbonyl (C=O) groups excluding carboxylic acids is 1. The van der Waals surface area contributed by atoms with Crippen molar-refractivity contribution in [3.8, 4) is 5.75 Å². The molecule has 1 rings (SSSR count). The third kappa shape index (κ3) is 6.72. The number of benzene rings is 1. The molecule has 0 bridgehead atoms. The van der Waals surface area contributed by atoms with Crippen LogP contribution in [0.25, 0.3) is 6.08 Å². The van der Waals surface area contributed by atoms with Gasteiger partial charge in [0.1, 0.15) is 5.75 Å². The summed E-state index contributed by atoms with van der Waals surface area (Å²) in [6, 6.07) is 7.74. The molecule has 0 aliphatic rings. The fourth-order valence-corrected chi connectivity index (χ4v) is 3.05. The van der Waals surface area contributed by atoms with E-state index in [1.807, 2.05) is 43.9 Å². The predicted octanol–water partition coefficient (Wildman–Crippen LogP) is 4.29. The largest absolute Gasteiger partial charge is 0.544 e. The maximum absolute atomic E-state index is 11.7. The van der Waals surface area contributed by atoms with Crippen LogP contribution >= 0.6 is 0 Å². The van der Waals surface area contributed by atoms with E-state index in [0.29, 0.717) is 0 Å². The lowest BCUT2D eigenvalue weighted by molar-refractivity contribution is -0.129. The van der Waals surface area contributed by atoms with Gasteiger partial charge in [0.15, 0.2) is 0 Å². The minimum atomic E-state index is -1.84. The number of hydrogen-bond acceptors (Lipinski definition) is 3. The van der Waals surface area contributed by atoms with Crippen LogP contribution in [0.3, 0.4) is 0 Å². The van der Waals surface area contributed by atoms with E-state index in [9.17, 15) is 4.79 Å². The van der Waals surface area contributed by atoms with Gasteiger partial charge in [-0.15, -0.1) is 0 Å². The predicted molar refractivity (Wildman–Crippen MR) is 88.9 cm³/mol. The first kappa shape index (κ1) is 16.7. The molecule has 0 unspecified atom stereocenters. The summed E-state index contributed by atoms with van der Waals surface area (Å²) in [6.45, 7) is 12.4. The highest BCUT2D eigenvalue weighted by Crippen LogP contribution is 2.23. The molecule has 0 aliphatic heterocycles. The lowest BCUT2D eigenvalue weighted by Crippen LogP contribution is -2.29. The SMILES string of the molecule is C[Si](C)(C)OC(=O)C=Cc1ccccc1O[Si](C)(C)C. The molecule has 0 spiro atoms. The van der Waals surface area contributed by atoms with Crippen molar-refractivity contribution in [2.75, 3.05) is 0 Å². The summed E-state index contributed by atoms with van der Waals surface area (Å²) in [4.78, 5) is 11.7.